The Morgan fingerprint density at radius 1 is 1.00 bits per heavy atom. The average Bonchev–Trinajstić information content (AvgIpc) is 2.79. The molecule has 6 nitrogen and oxygen atoms in total. The van der Waals surface area contributed by atoms with Crippen molar-refractivity contribution in [3.8, 4) is 11.5 Å². The molecule has 0 saturated carbocycles. The number of benzene rings is 2. The molecule has 2 aromatic carbocycles. The molecule has 0 radical (unpaired) electrons. The Kier molecular flexibility index (Phi) is 7.87. The third kappa shape index (κ3) is 6.44. The Morgan fingerprint density at radius 2 is 1.65 bits per heavy atom. The summed E-state index contributed by atoms with van der Waals surface area (Å²) in [7, 11) is 3.19. The summed E-state index contributed by atoms with van der Waals surface area (Å²) >= 11 is 0. The second-order valence-electron chi connectivity index (χ2n) is 7.72. The number of amides is 2. The number of likely N-dealkylation sites (tertiary alicyclic amines) is 1. The molecule has 1 aliphatic rings. The zero-order valence-electron chi connectivity index (χ0n) is 18.0. The molecule has 7 heteroatoms. The Labute approximate surface area is 182 Å². The first kappa shape index (κ1) is 22.6. The van der Waals surface area contributed by atoms with Crippen molar-refractivity contribution in [2.75, 3.05) is 27.3 Å². The highest BCUT2D eigenvalue weighted by atomic mass is 19.1. The molecular formula is C24H29FN2O4. The van der Waals surface area contributed by atoms with E-state index in [9.17, 15) is 14.0 Å². The molecule has 1 heterocycles. The van der Waals surface area contributed by atoms with Gasteiger partial charge < -0.3 is 19.7 Å². The lowest BCUT2D eigenvalue weighted by Crippen LogP contribution is -2.46. The van der Waals surface area contributed by atoms with Gasteiger partial charge in [0.15, 0.2) is 11.5 Å². The number of nitrogens with zero attached hydrogens (tertiary/aromatic N) is 1. The number of halogens is 1. The van der Waals surface area contributed by atoms with E-state index in [2.05, 4.69) is 5.32 Å². The number of methoxy groups -OCH3 is 2. The predicted octanol–water partition coefficient (Wildman–Crippen LogP) is 3.13. The van der Waals surface area contributed by atoms with E-state index >= 15 is 0 Å². The molecule has 0 spiro atoms. The first-order chi connectivity index (χ1) is 15.0. The molecule has 31 heavy (non-hydrogen) atoms. The van der Waals surface area contributed by atoms with Crippen molar-refractivity contribution in [2.24, 2.45) is 0 Å². The molecule has 0 aliphatic carbocycles. The van der Waals surface area contributed by atoms with Gasteiger partial charge in [-0.3, -0.25) is 9.59 Å². The summed E-state index contributed by atoms with van der Waals surface area (Å²) in [5.74, 6) is 1.05. The van der Waals surface area contributed by atoms with Crippen LogP contribution in [0.2, 0.25) is 0 Å². The van der Waals surface area contributed by atoms with Gasteiger partial charge in [-0.05, 0) is 54.7 Å². The van der Waals surface area contributed by atoms with Gasteiger partial charge in [0, 0.05) is 25.6 Å². The fraction of sp³-hybridized carbons (Fsp3) is 0.417. The van der Waals surface area contributed by atoms with E-state index in [1.54, 1.807) is 26.4 Å². The molecule has 166 valence electrons. The van der Waals surface area contributed by atoms with Crippen molar-refractivity contribution in [3.05, 3.63) is 59.4 Å². The molecule has 3 rings (SSSR count). The van der Waals surface area contributed by atoms with E-state index < -0.39 is 0 Å². The molecule has 1 aliphatic heterocycles. The second-order valence-corrected chi connectivity index (χ2v) is 7.72. The van der Waals surface area contributed by atoms with E-state index in [1.165, 1.54) is 12.1 Å². The molecule has 1 saturated heterocycles. The normalized spacial score (nSPS) is 14.2. The SMILES string of the molecule is COc1ccc(CCC(=O)N2CCC(NC(=O)Cc3ccc(F)cc3)CC2)cc1OC. The Bertz CT molecular complexity index is 893. The van der Waals surface area contributed by atoms with Crippen LogP contribution in [-0.4, -0.2) is 50.1 Å². The van der Waals surface area contributed by atoms with E-state index in [1.807, 2.05) is 23.1 Å². The minimum atomic E-state index is -0.313. The summed E-state index contributed by atoms with van der Waals surface area (Å²) in [5.41, 5.74) is 1.80. The molecule has 1 fully saturated rings. The van der Waals surface area contributed by atoms with Crippen LogP contribution in [0.3, 0.4) is 0 Å². The Hall–Kier alpha value is -3.09. The third-order valence-electron chi connectivity index (χ3n) is 5.57. The minimum Gasteiger partial charge on any atom is -0.493 e. The molecule has 0 bridgehead atoms. The van der Waals surface area contributed by atoms with Gasteiger partial charge in [-0.25, -0.2) is 4.39 Å². The number of carbonyl (C=O) groups excluding carboxylic acids is 2. The van der Waals surface area contributed by atoms with Crippen LogP contribution in [0.15, 0.2) is 42.5 Å². The van der Waals surface area contributed by atoms with Gasteiger partial charge in [0.05, 0.1) is 20.6 Å². The molecular weight excluding hydrogens is 399 g/mol. The van der Waals surface area contributed by atoms with E-state index in [0.717, 1.165) is 24.0 Å². The highest BCUT2D eigenvalue weighted by molar-refractivity contribution is 5.79. The van der Waals surface area contributed by atoms with Crippen LogP contribution in [-0.2, 0) is 22.4 Å². The number of piperidine rings is 1. The van der Waals surface area contributed by atoms with Crippen molar-refractivity contribution < 1.29 is 23.5 Å². The lowest BCUT2D eigenvalue weighted by Gasteiger charge is -2.32. The summed E-state index contributed by atoms with van der Waals surface area (Å²) < 4.78 is 23.5. The van der Waals surface area contributed by atoms with Crippen LogP contribution in [0.25, 0.3) is 0 Å². The number of nitrogens with one attached hydrogen (secondary N) is 1. The van der Waals surface area contributed by atoms with Gasteiger partial charge in [0.25, 0.3) is 0 Å². The molecule has 2 aromatic rings. The Balaban J connectivity index is 1.41. The minimum absolute atomic E-state index is 0.0582. The van der Waals surface area contributed by atoms with E-state index in [-0.39, 0.29) is 30.1 Å². The molecule has 0 aromatic heterocycles. The molecule has 0 atom stereocenters. The standard InChI is InChI=1S/C24H29FN2O4/c1-30-21-9-5-17(15-22(21)31-2)6-10-24(29)27-13-11-20(12-14-27)26-23(28)16-18-3-7-19(25)8-4-18/h3-5,7-9,15,20H,6,10-14,16H2,1-2H3,(H,26,28). The number of rotatable bonds is 8. The predicted molar refractivity (Wildman–Crippen MR) is 116 cm³/mol. The average molecular weight is 429 g/mol. The molecule has 2 amide bonds. The molecule has 1 N–H and O–H groups in total. The van der Waals surface area contributed by atoms with E-state index in [4.69, 9.17) is 9.47 Å². The molecule has 0 unspecified atom stereocenters. The maximum absolute atomic E-state index is 13.0. The second kappa shape index (κ2) is 10.8. The highest BCUT2D eigenvalue weighted by Gasteiger charge is 2.23. The quantitative estimate of drug-likeness (QED) is 0.702. The summed E-state index contributed by atoms with van der Waals surface area (Å²) in [5, 5.41) is 3.03. The van der Waals surface area contributed by atoms with Crippen molar-refractivity contribution in [1.82, 2.24) is 10.2 Å². The maximum Gasteiger partial charge on any atom is 0.224 e. The van der Waals surface area contributed by atoms with Gasteiger partial charge in [0.1, 0.15) is 5.82 Å². The fourth-order valence-electron chi connectivity index (χ4n) is 3.79. The summed E-state index contributed by atoms with van der Waals surface area (Å²) in [6.07, 6.45) is 2.75. The lowest BCUT2D eigenvalue weighted by atomic mass is 10.0. The number of hydrogen-bond donors (Lipinski definition) is 1. The van der Waals surface area contributed by atoms with Crippen LogP contribution >= 0.6 is 0 Å². The first-order valence-electron chi connectivity index (χ1n) is 10.5. The zero-order chi connectivity index (χ0) is 22.2. The monoisotopic (exact) mass is 428 g/mol. The maximum atomic E-state index is 13.0. The van der Waals surface area contributed by atoms with E-state index in [0.29, 0.717) is 37.4 Å². The largest absolute Gasteiger partial charge is 0.493 e. The smallest absolute Gasteiger partial charge is 0.224 e. The van der Waals surface area contributed by atoms with Crippen LogP contribution in [0.1, 0.15) is 30.4 Å². The topological polar surface area (TPSA) is 67.9 Å². The number of carbonyl (C=O) groups is 2. The van der Waals surface area contributed by atoms with Crippen molar-refractivity contribution in [1.29, 1.82) is 0 Å². The number of ether oxygens (including phenoxy) is 2. The van der Waals surface area contributed by atoms with Crippen LogP contribution in [0, 0.1) is 5.82 Å². The number of hydrogen-bond acceptors (Lipinski definition) is 4. The van der Waals surface area contributed by atoms with Crippen molar-refractivity contribution >= 4 is 11.8 Å². The summed E-state index contributed by atoms with van der Waals surface area (Å²) in [6.45, 7) is 1.26. The van der Waals surface area contributed by atoms with Crippen LogP contribution in [0.4, 0.5) is 4.39 Å². The van der Waals surface area contributed by atoms with Gasteiger partial charge in [-0.2, -0.15) is 0 Å². The van der Waals surface area contributed by atoms with Crippen LogP contribution < -0.4 is 14.8 Å². The van der Waals surface area contributed by atoms with Crippen LogP contribution in [0.5, 0.6) is 11.5 Å². The lowest BCUT2D eigenvalue weighted by molar-refractivity contribution is -0.132. The third-order valence-corrected chi connectivity index (χ3v) is 5.57. The highest BCUT2D eigenvalue weighted by Crippen LogP contribution is 2.28. The van der Waals surface area contributed by atoms with Gasteiger partial charge in [-0.1, -0.05) is 18.2 Å². The van der Waals surface area contributed by atoms with Gasteiger partial charge in [-0.15, -0.1) is 0 Å². The zero-order valence-corrected chi connectivity index (χ0v) is 18.0. The fourth-order valence-corrected chi connectivity index (χ4v) is 3.79. The Morgan fingerprint density at radius 3 is 2.29 bits per heavy atom. The van der Waals surface area contributed by atoms with Crippen molar-refractivity contribution in [3.63, 3.8) is 0 Å². The van der Waals surface area contributed by atoms with Gasteiger partial charge >= 0.3 is 0 Å². The number of aryl methyl sites for hydroxylation is 1. The summed E-state index contributed by atoms with van der Waals surface area (Å²) in [4.78, 5) is 26.7. The first-order valence-corrected chi connectivity index (χ1v) is 10.5. The van der Waals surface area contributed by atoms with Crippen molar-refractivity contribution in [2.45, 2.75) is 38.1 Å². The summed E-state index contributed by atoms with van der Waals surface area (Å²) in [6, 6.07) is 11.7. The van der Waals surface area contributed by atoms with Gasteiger partial charge in [0.2, 0.25) is 11.8 Å².